The fraction of sp³-hybridized carbons (Fsp3) is 0. The van der Waals surface area contributed by atoms with Gasteiger partial charge in [-0.2, -0.15) is 0 Å². The minimum absolute atomic E-state index is 0.936. The quantitative estimate of drug-likeness (QED) is 0.246. The average Bonchev–Trinajstić information content (AvgIpc) is 2.89. The van der Waals surface area contributed by atoms with Gasteiger partial charge in [0, 0.05) is 17.1 Å². The van der Waals surface area contributed by atoms with Gasteiger partial charge in [0.2, 0.25) is 0 Å². The summed E-state index contributed by atoms with van der Waals surface area (Å²) in [7, 11) is 0. The minimum atomic E-state index is 0.936. The molecular formula is C32H25N. The van der Waals surface area contributed by atoms with Crippen LogP contribution < -0.4 is 4.90 Å². The lowest BCUT2D eigenvalue weighted by molar-refractivity contribution is 1.29. The van der Waals surface area contributed by atoms with Crippen molar-refractivity contribution in [3.05, 3.63) is 146 Å². The van der Waals surface area contributed by atoms with Crippen molar-refractivity contribution >= 4 is 33.4 Å². The van der Waals surface area contributed by atoms with Gasteiger partial charge in [-0.1, -0.05) is 98.1 Å². The maximum atomic E-state index is 4.08. The topological polar surface area (TPSA) is 3.24 Å². The highest BCUT2D eigenvalue weighted by atomic mass is 15.1. The van der Waals surface area contributed by atoms with Crippen LogP contribution in [-0.4, -0.2) is 0 Å². The first kappa shape index (κ1) is 20.5. The zero-order valence-corrected chi connectivity index (χ0v) is 18.5. The third-order valence-corrected chi connectivity index (χ3v) is 5.95. The molecule has 0 aliphatic heterocycles. The smallest absolute Gasteiger partial charge is 0.0468 e. The van der Waals surface area contributed by atoms with Crippen molar-refractivity contribution in [3.8, 4) is 11.1 Å². The Morgan fingerprint density at radius 1 is 0.545 bits per heavy atom. The van der Waals surface area contributed by atoms with E-state index < -0.39 is 0 Å². The van der Waals surface area contributed by atoms with E-state index in [1.165, 1.54) is 21.9 Å². The number of para-hydroxylation sites is 1. The van der Waals surface area contributed by atoms with E-state index in [4.69, 9.17) is 0 Å². The van der Waals surface area contributed by atoms with Crippen LogP contribution in [0.25, 0.3) is 27.5 Å². The summed E-state index contributed by atoms with van der Waals surface area (Å²) < 4.78 is 0. The lowest BCUT2D eigenvalue weighted by Gasteiger charge is -2.26. The number of hydrogen-bond acceptors (Lipinski definition) is 1. The van der Waals surface area contributed by atoms with Crippen molar-refractivity contribution in [1.29, 1.82) is 0 Å². The molecule has 0 atom stereocenters. The molecule has 0 unspecified atom stereocenters. The molecular weight excluding hydrogens is 398 g/mol. The molecule has 0 aliphatic carbocycles. The summed E-state index contributed by atoms with van der Waals surface area (Å²) in [6.45, 7) is 7.92. The van der Waals surface area contributed by atoms with Crippen LogP contribution in [0.2, 0.25) is 0 Å². The SMILES string of the molecule is C=CC(=C)c1ccc2cc(N(c3ccccc3)c3ccc(-c4ccccc4)cc3)ccc2c1. The Hall–Kier alpha value is -4.36. The van der Waals surface area contributed by atoms with Crippen molar-refractivity contribution in [2.45, 2.75) is 0 Å². The minimum Gasteiger partial charge on any atom is -0.310 e. The Morgan fingerprint density at radius 2 is 1.09 bits per heavy atom. The Balaban J connectivity index is 1.58. The molecule has 0 fully saturated rings. The van der Waals surface area contributed by atoms with Gasteiger partial charge in [-0.05, 0) is 75.5 Å². The van der Waals surface area contributed by atoms with Crippen LogP contribution in [-0.2, 0) is 0 Å². The molecule has 0 saturated heterocycles. The van der Waals surface area contributed by atoms with Crippen molar-refractivity contribution in [2.75, 3.05) is 4.90 Å². The zero-order chi connectivity index (χ0) is 22.6. The summed E-state index contributed by atoms with van der Waals surface area (Å²) in [5.41, 5.74) is 7.83. The van der Waals surface area contributed by atoms with Crippen LogP contribution in [0.1, 0.15) is 5.56 Å². The number of fused-ring (bicyclic) bond motifs is 1. The summed E-state index contributed by atoms with van der Waals surface area (Å²) in [6, 6.07) is 42.8. The maximum Gasteiger partial charge on any atom is 0.0468 e. The second-order valence-electron chi connectivity index (χ2n) is 8.06. The van der Waals surface area contributed by atoms with Crippen LogP contribution in [0.3, 0.4) is 0 Å². The van der Waals surface area contributed by atoms with Crippen LogP contribution in [0.15, 0.2) is 141 Å². The van der Waals surface area contributed by atoms with Crippen LogP contribution >= 0.6 is 0 Å². The van der Waals surface area contributed by atoms with E-state index in [2.05, 4.69) is 133 Å². The monoisotopic (exact) mass is 423 g/mol. The number of allylic oxidation sites excluding steroid dienone is 2. The number of anilines is 3. The molecule has 0 N–H and O–H groups in total. The molecule has 5 rings (SSSR count). The van der Waals surface area contributed by atoms with Gasteiger partial charge < -0.3 is 4.90 Å². The highest BCUT2D eigenvalue weighted by Crippen LogP contribution is 2.37. The molecule has 1 nitrogen and oxygen atoms in total. The molecule has 0 bridgehead atoms. The van der Waals surface area contributed by atoms with Gasteiger partial charge in [0.15, 0.2) is 0 Å². The van der Waals surface area contributed by atoms with Gasteiger partial charge in [0.1, 0.15) is 0 Å². The second-order valence-corrected chi connectivity index (χ2v) is 8.06. The highest BCUT2D eigenvalue weighted by Gasteiger charge is 2.13. The Kier molecular flexibility index (Phi) is 5.61. The largest absolute Gasteiger partial charge is 0.310 e. The first-order chi connectivity index (χ1) is 16.2. The fourth-order valence-electron chi connectivity index (χ4n) is 4.15. The van der Waals surface area contributed by atoms with Gasteiger partial charge in [0.25, 0.3) is 0 Å². The summed E-state index contributed by atoms with van der Waals surface area (Å²) in [5, 5.41) is 2.38. The highest BCUT2D eigenvalue weighted by molar-refractivity contribution is 5.92. The lowest BCUT2D eigenvalue weighted by Crippen LogP contribution is -2.09. The fourth-order valence-corrected chi connectivity index (χ4v) is 4.15. The normalized spacial score (nSPS) is 10.7. The van der Waals surface area contributed by atoms with Gasteiger partial charge in [-0.15, -0.1) is 0 Å². The molecule has 0 heterocycles. The predicted octanol–water partition coefficient (Wildman–Crippen LogP) is 9.18. The number of hydrogen-bond donors (Lipinski definition) is 0. The molecule has 0 aliphatic rings. The molecule has 158 valence electrons. The van der Waals surface area contributed by atoms with Gasteiger partial charge in [0.05, 0.1) is 0 Å². The Labute approximate surface area is 195 Å². The van der Waals surface area contributed by atoms with Crippen molar-refractivity contribution < 1.29 is 0 Å². The van der Waals surface area contributed by atoms with E-state index in [1.807, 2.05) is 6.07 Å². The first-order valence-corrected chi connectivity index (χ1v) is 11.1. The standard InChI is InChI=1S/C32H25N/c1-3-24(2)27-14-15-29-23-32(21-18-28(29)22-27)33(30-12-8-5-9-13-30)31-19-16-26(17-20-31)25-10-6-4-7-11-25/h3-23H,1-2H2. The first-order valence-electron chi connectivity index (χ1n) is 11.1. The van der Waals surface area contributed by atoms with E-state index in [1.54, 1.807) is 6.08 Å². The zero-order valence-electron chi connectivity index (χ0n) is 18.5. The number of rotatable bonds is 6. The number of nitrogens with zero attached hydrogens (tertiary/aromatic N) is 1. The lowest BCUT2D eigenvalue weighted by atomic mass is 10.0. The second kappa shape index (κ2) is 9.02. The van der Waals surface area contributed by atoms with Crippen molar-refractivity contribution in [2.24, 2.45) is 0 Å². The Bertz CT molecular complexity index is 1410. The van der Waals surface area contributed by atoms with Gasteiger partial charge in [-0.3, -0.25) is 0 Å². The van der Waals surface area contributed by atoms with E-state index in [0.29, 0.717) is 0 Å². The molecule has 0 spiro atoms. The van der Waals surface area contributed by atoms with Gasteiger partial charge >= 0.3 is 0 Å². The molecule has 0 saturated carbocycles. The van der Waals surface area contributed by atoms with E-state index >= 15 is 0 Å². The van der Waals surface area contributed by atoms with Crippen molar-refractivity contribution in [3.63, 3.8) is 0 Å². The average molecular weight is 424 g/mol. The van der Waals surface area contributed by atoms with E-state index in [-0.39, 0.29) is 0 Å². The summed E-state index contributed by atoms with van der Waals surface area (Å²) in [4.78, 5) is 2.30. The summed E-state index contributed by atoms with van der Waals surface area (Å²) >= 11 is 0. The van der Waals surface area contributed by atoms with E-state index in [9.17, 15) is 0 Å². The molecule has 1 heteroatoms. The van der Waals surface area contributed by atoms with Crippen molar-refractivity contribution in [1.82, 2.24) is 0 Å². The molecule has 0 amide bonds. The molecule has 0 aromatic heterocycles. The summed E-state index contributed by atoms with van der Waals surface area (Å²) in [6.07, 6.45) is 1.80. The van der Waals surface area contributed by atoms with E-state index in [0.717, 1.165) is 28.2 Å². The third kappa shape index (κ3) is 4.22. The Morgan fingerprint density at radius 3 is 1.79 bits per heavy atom. The predicted molar refractivity (Wildman–Crippen MR) is 143 cm³/mol. The van der Waals surface area contributed by atoms with Crippen LogP contribution in [0.5, 0.6) is 0 Å². The van der Waals surface area contributed by atoms with Gasteiger partial charge in [-0.25, -0.2) is 0 Å². The third-order valence-electron chi connectivity index (χ3n) is 5.95. The molecule has 0 radical (unpaired) electrons. The molecule has 33 heavy (non-hydrogen) atoms. The van der Waals surface area contributed by atoms with Crippen LogP contribution in [0, 0.1) is 0 Å². The molecule has 5 aromatic carbocycles. The van der Waals surface area contributed by atoms with Crippen LogP contribution in [0.4, 0.5) is 17.1 Å². The maximum absolute atomic E-state index is 4.08. The number of benzene rings is 5. The summed E-state index contributed by atoms with van der Waals surface area (Å²) in [5.74, 6) is 0. The molecule has 5 aromatic rings.